The molecule has 2 rings (SSSR count). The molecule has 0 bridgehead atoms. The number of anilines is 1. The van der Waals surface area contributed by atoms with Gasteiger partial charge in [0.2, 0.25) is 5.91 Å². The molecule has 2 amide bonds. The van der Waals surface area contributed by atoms with E-state index in [0.29, 0.717) is 18.0 Å². The lowest BCUT2D eigenvalue weighted by Gasteiger charge is -2.15. The Balaban J connectivity index is 2.00. The Morgan fingerprint density at radius 3 is 2.62 bits per heavy atom. The van der Waals surface area contributed by atoms with Crippen molar-refractivity contribution in [1.82, 2.24) is 5.32 Å². The van der Waals surface area contributed by atoms with E-state index in [9.17, 15) is 19.1 Å². The fourth-order valence-corrected chi connectivity index (χ4v) is 2.49. The monoisotopic (exact) mass is 336 g/mol. The summed E-state index contributed by atoms with van der Waals surface area (Å²) in [4.78, 5) is 24.3. The van der Waals surface area contributed by atoms with Gasteiger partial charge in [0.15, 0.2) is 0 Å². The second-order valence-electron chi connectivity index (χ2n) is 6.85. The van der Waals surface area contributed by atoms with Crippen molar-refractivity contribution < 1.29 is 19.1 Å². The van der Waals surface area contributed by atoms with Crippen molar-refractivity contribution in [1.29, 1.82) is 0 Å². The van der Waals surface area contributed by atoms with E-state index in [-0.39, 0.29) is 29.9 Å². The predicted molar refractivity (Wildman–Crippen MR) is 90.1 cm³/mol. The summed E-state index contributed by atoms with van der Waals surface area (Å²) in [7, 11) is 0. The Hall–Kier alpha value is -1.95. The summed E-state index contributed by atoms with van der Waals surface area (Å²) in [6, 6.07) is 3.73. The highest BCUT2D eigenvalue weighted by Crippen LogP contribution is 2.38. The molecule has 0 saturated heterocycles. The molecule has 1 fully saturated rings. The number of halogens is 1. The van der Waals surface area contributed by atoms with Gasteiger partial charge in [0, 0.05) is 12.5 Å². The van der Waals surface area contributed by atoms with E-state index in [0.717, 1.165) is 12.5 Å². The number of rotatable bonds is 7. The van der Waals surface area contributed by atoms with Crippen LogP contribution in [0.25, 0.3) is 0 Å². The molecule has 0 heterocycles. The van der Waals surface area contributed by atoms with Crippen LogP contribution in [0.1, 0.15) is 44.0 Å². The molecule has 132 valence electrons. The minimum absolute atomic E-state index is 0.0350. The minimum atomic E-state index is -0.542. The third kappa shape index (κ3) is 4.77. The summed E-state index contributed by atoms with van der Waals surface area (Å²) in [6.45, 7) is 6.06. The van der Waals surface area contributed by atoms with Crippen molar-refractivity contribution in [2.75, 3.05) is 11.9 Å². The summed E-state index contributed by atoms with van der Waals surface area (Å²) in [6.07, 6.45) is 0.745. The summed E-state index contributed by atoms with van der Waals surface area (Å²) < 4.78 is 13.5. The van der Waals surface area contributed by atoms with Crippen LogP contribution in [0.3, 0.4) is 0 Å². The Bertz CT molecular complexity index is 618. The molecule has 3 N–H and O–H groups in total. The van der Waals surface area contributed by atoms with Crippen LogP contribution < -0.4 is 10.6 Å². The summed E-state index contributed by atoms with van der Waals surface area (Å²) >= 11 is 0. The standard InChI is InChI=1S/C18H25FN2O3/c1-10(2)16(22)6-7-20-17(23)14-9-12(19)4-5-15(14)21-18(24)13-8-11(13)3/h4-5,9-11,13,16,22H,6-8H2,1-3H3,(H,20,23)(H,21,24). The zero-order valence-corrected chi connectivity index (χ0v) is 14.3. The smallest absolute Gasteiger partial charge is 0.253 e. The van der Waals surface area contributed by atoms with Crippen LogP contribution in [0.5, 0.6) is 0 Å². The number of hydrogen-bond donors (Lipinski definition) is 3. The van der Waals surface area contributed by atoms with Crippen LogP contribution in [0.15, 0.2) is 18.2 Å². The van der Waals surface area contributed by atoms with Crippen molar-refractivity contribution in [3.63, 3.8) is 0 Å². The van der Waals surface area contributed by atoms with E-state index in [4.69, 9.17) is 0 Å². The molecular weight excluding hydrogens is 311 g/mol. The SMILES string of the molecule is CC(C)C(O)CCNC(=O)c1cc(F)ccc1NC(=O)C1CC1C. The van der Waals surface area contributed by atoms with Gasteiger partial charge in [0.1, 0.15) is 5.82 Å². The lowest BCUT2D eigenvalue weighted by Crippen LogP contribution is -2.29. The number of nitrogens with one attached hydrogen (secondary N) is 2. The number of carbonyl (C=O) groups excluding carboxylic acids is 2. The van der Waals surface area contributed by atoms with E-state index >= 15 is 0 Å². The number of aliphatic hydroxyl groups excluding tert-OH is 1. The summed E-state index contributed by atoms with van der Waals surface area (Å²) in [5.74, 6) is -0.734. The molecular formula is C18H25FN2O3. The van der Waals surface area contributed by atoms with E-state index in [2.05, 4.69) is 10.6 Å². The fraction of sp³-hybridized carbons (Fsp3) is 0.556. The maximum atomic E-state index is 13.5. The molecule has 0 radical (unpaired) electrons. The number of amides is 2. The van der Waals surface area contributed by atoms with Gasteiger partial charge in [-0.05, 0) is 42.9 Å². The van der Waals surface area contributed by atoms with Crippen LogP contribution >= 0.6 is 0 Å². The number of aliphatic hydroxyl groups is 1. The third-order valence-corrected chi connectivity index (χ3v) is 4.43. The van der Waals surface area contributed by atoms with Crippen molar-refractivity contribution in [2.45, 2.75) is 39.7 Å². The molecule has 0 aliphatic heterocycles. The van der Waals surface area contributed by atoms with E-state index in [1.54, 1.807) is 0 Å². The van der Waals surface area contributed by atoms with Gasteiger partial charge in [-0.2, -0.15) is 0 Å². The van der Waals surface area contributed by atoms with Crippen molar-refractivity contribution in [3.05, 3.63) is 29.6 Å². The zero-order valence-electron chi connectivity index (χ0n) is 14.3. The lowest BCUT2D eigenvalue weighted by atomic mass is 10.0. The van der Waals surface area contributed by atoms with E-state index in [1.165, 1.54) is 12.1 Å². The van der Waals surface area contributed by atoms with Gasteiger partial charge in [-0.25, -0.2) is 4.39 Å². The largest absolute Gasteiger partial charge is 0.393 e. The third-order valence-electron chi connectivity index (χ3n) is 4.43. The number of carbonyl (C=O) groups is 2. The van der Waals surface area contributed by atoms with Gasteiger partial charge in [0.25, 0.3) is 5.91 Å². The van der Waals surface area contributed by atoms with Crippen LogP contribution in [-0.4, -0.2) is 29.6 Å². The molecule has 1 aromatic rings. The number of hydrogen-bond acceptors (Lipinski definition) is 3. The number of benzene rings is 1. The van der Waals surface area contributed by atoms with Gasteiger partial charge in [0.05, 0.1) is 17.4 Å². The second kappa shape index (κ2) is 7.75. The van der Waals surface area contributed by atoms with Crippen molar-refractivity contribution >= 4 is 17.5 Å². The predicted octanol–water partition coefficient (Wildman–Crippen LogP) is 2.56. The van der Waals surface area contributed by atoms with Gasteiger partial charge in [-0.3, -0.25) is 9.59 Å². The Morgan fingerprint density at radius 2 is 2.04 bits per heavy atom. The molecule has 5 nitrogen and oxygen atoms in total. The molecule has 0 aromatic heterocycles. The maximum Gasteiger partial charge on any atom is 0.253 e. The first-order valence-corrected chi connectivity index (χ1v) is 8.36. The molecule has 1 aliphatic rings. The highest BCUT2D eigenvalue weighted by atomic mass is 19.1. The Kier molecular flexibility index (Phi) is 5.94. The van der Waals surface area contributed by atoms with E-state index < -0.39 is 17.8 Å². The first-order valence-electron chi connectivity index (χ1n) is 8.36. The minimum Gasteiger partial charge on any atom is -0.393 e. The highest BCUT2D eigenvalue weighted by Gasteiger charge is 2.39. The van der Waals surface area contributed by atoms with Crippen LogP contribution in [0, 0.1) is 23.6 Å². The van der Waals surface area contributed by atoms with Gasteiger partial charge >= 0.3 is 0 Å². The van der Waals surface area contributed by atoms with Crippen LogP contribution in [0.2, 0.25) is 0 Å². The zero-order chi connectivity index (χ0) is 17.9. The Morgan fingerprint density at radius 1 is 1.38 bits per heavy atom. The topological polar surface area (TPSA) is 78.4 Å². The lowest BCUT2D eigenvalue weighted by molar-refractivity contribution is -0.117. The molecule has 3 atom stereocenters. The fourth-order valence-electron chi connectivity index (χ4n) is 2.49. The first kappa shape index (κ1) is 18.4. The Labute approximate surface area is 141 Å². The van der Waals surface area contributed by atoms with Crippen molar-refractivity contribution in [2.24, 2.45) is 17.8 Å². The molecule has 1 saturated carbocycles. The highest BCUT2D eigenvalue weighted by molar-refractivity contribution is 6.04. The molecule has 24 heavy (non-hydrogen) atoms. The van der Waals surface area contributed by atoms with Crippen LogP contribution in [0.4, 0.5) is 10.1 Å². The van der Waals surface area contributed by atoms with Crippen molar-refractivity contribution in [3.8, 4) is 0 Å². The van der Waals surface area contributed by atoms with E-state index in [1.807, 2.05) is 20.8 Å². The summed E-state index contributed by atoms with van der Waals surface area (Å²) in [5.41, 5.74) is 0.401. The average molecular weight is 336 g/mol. The molecule has 1 aliphatic carbocycles. The summed E-state index contributed by atoms with van der Waals surface area (Å²) in [5, 5.41) is 15.1. The maximum absolute atomic E-state index is 13.5. The first-order chi connectivity index (χ1) is 11.3. The molecule has 0 spiro atoms. The average Bonchev–Trinajstić information content (AvgIpc) is 3.25. The second-order valence-corrected chi connectivity index (χ2v) is 6.85. The quantitative estimate of drug-likeness (QED) is 0.716. The van der Waals surface area contributed by atoms with Gasteiger partial charge in [-0.1, -0.05) is 20.8 Å². The normalized spacial score (nSPS) is 20.6. The van der Waals surface area contributed by atoms with Crippen LogP contribution in [-0.2, 0) is 4.79 Å². The molecule has 3 unspecified atom stereocenters. The molecule has 6 heteroatoms. The van der Waals surface area contributed by atoms with Gasteiger partial charge in [-0.15, -0.1) is 0 Å². The molecule has 1 aromatic carbocycles. The van der Waals surface area contributed by atoms with Gasteiger partial charge < -0.3 is 15.7 Å².